The number of amides is 1. The van der Waals surface area contributed by atoms with Crippen molar-refractivity contribution in [3.05, 3.63) is 63.3 Å². The summed E-state index contributed by atoms with van der Waals surface area (Å²) in [5.41, 5.74) is 4.41. The largest absolute Gasteiger partial charge is 0.352 e. The smallest absolute Gasteiger partial charge is 0.226 e. The summed E-state index contributed by atoms with van der Waals surface area (Å²) in [5, 5.41) is 10.1. The molecule has 1 aliphatic heterocycles. The second-order valence-corrected chi connectivity index (χ2v) is 9.15. The minimum absolute atomic E-state index is 0.0108. The number of hydrogen-bond donors (Lipinski definition) is 1. The van der Waals surface area contributed by atoms with E-state index in [1.165, 1.54) is 5.56 Å². The van der Waals surface area contributed by atoms with E-state index >= 15 is 0 Å². The quantitative estimate of drug-likeness (QED) is 0.628. The van der Waals surface area contributed by atoms with Crippen LogP contribution in [0.25, 0.3) is 10.6 Å². The first-order chi connectivity index (χ1) is 14.2. The van der Waals surface area contributed by atoms with E-state index in [4.69, 9.17) is 0 Å². The number of aromatic nitrogens is 1. The normalized spacial score (nSPS) is 15.5. The van der Waals surface area contributed by atoms with Crippen LogP contribution >= 0.6 is 22.7 Å². The van der Waals surface area contributed by atoms with Gasteiger partial charge in [-0.15, -0.1) is 11.3 Å². The van der Waals surface area contributed by atoms with E-state index in [1.54, 1.807) is 22.7 Å². The SMILES string of the molecule is CN1CCN(Cc2cccc(CNC(=O)Cc3csc(-c4ccsc4)n3)c2)CC1. The molecule has 0 radical (unpaired) electrons. The number of nitrogens with zero attached hydrogens (tertiary/aromatic N) is 3. The Hall–Kier alpha value is -2.06. The van der Waals surface area contributed by atoms with Gasteiger partial charge < -0.3 is 10.2 Å². The Labute approximate surface area is 180 Å². The molecule has 0 unspecified atom stereocenters. The third-order valence-corrected chi connectivity index (χ3v) is 6.77. The number of nitrogens with one attached hydrogen (secondary N) is 1. The van der Waals surface area contributed by atoms with Crippen LogP contribution in [0.4, 0.5) is 0 Å². The zero-order chi connectivity index (χ0) is 20.1. The van der Waals surface area contributed by atoms with Crippen molar-refractivity contribution in [1.29, 1.82) is 0 Å². The molecule has 29 heavy (non-hydrogen) atoms. The highest BCUT2D eigenvalue weighted by atomic mass is 32.1. The van der Waals surface area contributed by atoms with Crippen molar-refractivity contribution in [3.8, 4) is 10.6 Å². The fourth-order valence-corrected chi connectivity index (χ4v) is 4.97. The van der Waals surface area contributed by atoms with E-state index in [0.29, 0.717) is 13.0 Å². The zero-order valence-corrected chi connectivity index (χ0v) is 18.3. The monoisotopic (exact) mass is 426 g/mol. The first kappa shape index (κ1) is 20.2. The van der Waals surface area contributed by atoms with Crippen molar-refractivity contribution in [3.63, 3.8) is 0 Å². The first-order valence-electron chi connectivity index (χ1n) is 9.88. The van der Waals surface area contributed by atoms with Crippen molar-refractivity contribution in [2.24, 2.45) is 0 Å². The molecule has 0 saturated carbocycles. The second kappa shape index (κ2) is 9.63. The Kier molecular flexibility index (Phi) is 6.71. The van der Waals surface area contributed by atoms with Crippen molar-refractivity contribution < 1.29 is 4.79 Å². The maximum atomic E-state index is 12.4. The molecule has 0 bridgehead atoms. The molecule has 1 aromatic carbocycles. The maximum absolute atomic E-state index is 12.4. The van der Waals surface area contributed by atoms with Crippen LogP contribution in [0.5, 0.6) is 0 Å². The summed E-state index contributed by atoms with van der Waals surface area (Å²) in [6, 6.07) is 10.6. The summed E-state index contributed by atoms with van der Waals surface area (Å²) >= 11 is 3.25. The van der Waals surface area contributed by atoms with Gasteiger partial charge in [0.2, 0.25) is 5.91 Å². The van der Waals surface area contributed by atoms with E-state index in [0.717, 1.165) is 54.6 Å². The van der Waals surface area contributed by atoms with E-state index in [1.807, 2.05) is 10.8 Å². The fraction of sp³-hybridized carbons (Fsp3) is 0.364. The van der Waals surface area contributed by atoms with E-state index in [9.17, 15) is 4.79 Å². The van der Waals surface area contributed by atoms with Gasteiger partial charge in [0.15, 0.2) is 0 Å². The highest BCUT2D eigenvalue weighted by Gasteiger charge is 2.14. The third kappa shape index (κ3) is 5.73. The van der Waals surface area contributed by atoms with E-state index in [2.05, 4.69) is 62.9 Å². The van der Waals surface area contributed by atoms with Gasteiger partial charge in [-0.05, 0) is 29.6 Å². The van der Waals surface area contributed by atoms with Gasteiger partial charge in [0, 0.05) is 55.6 Å². The van der Waals surface area contributed by atoms with Gasteiger partial charge in [-0.25, -0.2) is 4.98 Å². The van der Waals surface area contributed by atoms with Crippen LogP contribution in [0.2, 0.25) is 0 Å². The molecule has 1 saturated heterocycles. The van der Waals surface area contributed by atoms with E-state index in [-0.39, 0.29) is 5.91 Å². The van der Waals surface area contributed by atoms with Gasteiger partial charge in [-0.3, -0.25) is 9.69 Å². The molecule has 1 fully saturated rings. The number of carbonyl (C=O) groups is 1. The Morgan fingerprint density at radius 3 is 2.76 bits per heavy atom. The average Bonchev–Trinajstić information content (AvgIpc) is 3.40. The summed E-state index contributed by atoms with van der Waals surface area (Å²) in [7, 11) is 2.18. The molecule has 2 aromatic heterocycles. The number of thiazole rings is 1. The van der Waals surface area contributed by atoms with Crippen LogP contribution in [0, 0.1) is 0 Å². The summed E-state index contributed by atoms with van der Waals surface area (Å²) in [6.45, 7) is 5.99. The molecule has 7 heteroatoms. The van der Waals surface area contributed by atoms with Crippen LogP contribution in [0.3, 0.4) is 0 Å². The van der Waals surface area contributed by atoms with Crippen molar-refractivity contribution in [2.45, 2.75) is 19.5 Å². The molecule has 0 spiro atoms. The van der Waals surface area contributed by atoms with Crippen LogP contribution in [0.15, 0.2) is 46.5 Å². The topological polar surface area (TPSA) is 48.5 Å². The number of thiophene rings is 1. The number of benzene rings is 1. The highest BCUT2D eigenvalue weighted by molar-refractivity contribution is 7.14. The number of carbonyl (C=O) groups excluding carboxylic acids is 1. The molecule has 0 aliphatic carbocycles. The van der Waals surface area contributed by atoms with Gasteiger partial charge >= 0.3 is 0 Å². The van der Waals surface area contributed by atoms with Crippen LogP contribution in [-0.2, 0) is 24.3 Å². The van der Waals surface area contributed by atoms with Gasteiger partial charge in [-0.1, -0.05) is 24.3 Å². The minimum Gasteiger partial charge on any atom is -0.352 e. The number of hydrogen-bond acceptors (Lipinski definition) is 6. The molecule has 3 aromatic rings. The number of likely N-dealkylation sites (N-methyl/N-ethyl adjacent to an activating group) is 1. The average molecular weight is 427 g/mol. The molecule has 3 heterocycles. The number of rotatable bonds is 7. The highest BCUT2D eigenvalue weighted by Crippen LogP contribution is 2.25. The summed E-state index contributed by atoms with van der Waals surface area (Å²) in [6.07, 6.45) is 0.321. The molecule has 1 aliphatic rings. The molecule has 152 valence electrons. The molecular weight excluding hydrogens is 400 g/mol. The predicted molar refractivity (Wildman–Crippen MR) is 120 cm³/mol. The standard InChI is InChI=1S/C22H26N4OS2/c1-25-6-8-26(9-7-25)14-18-4-2-3-17(11-18)13-23-21(27)12-20-16-29-22(24-20)19-5-10-28-15-19/h2-5,10-11,15-16H,6-9,12-14H2,1H3,(H,23,27). The fourth-order valence-electron chi connectivity index (χ4n) is 3.44. The van der Waals surface area contributed by atoms with Gasteiger partial charge in [0.05, 0.1) is 12.1 Å². The summed E-state index contributed by atoms with van der Waals surface area (Å²) in [5.74, 6) is 0.0108. The second-order valence-electron chi connectivity index (χ2n) is 7.51. The minimum atomic E-state index is 0.0108. The van der Waals surface area contributed by atoms with E-state index < -0.39 is 0 Å². The summed E-state index contributed by atoms with van der Waals surface area (Å²) < 4.78 is 0. The van der Waals surface area contributed by atoms with Crippen LogP contribution in [0.1, 0.15) is 16.8 Å². The lowest BCUT2D eigenvalue weighted by molar-refractivity contribution is -0.120. The van der Waals surface area contributed by atoms with Gasteiger partial charge in [0.25, 0.3) is 0 Å². The Morgan fingerprint density at radius 1 is 1.14 bits per heavy atom. The Morgan fingerprint density at radius 2 is 1.97 bits per heavy atom. The zero-order valence-electron chi connectivity index (χ0n) is 16.6. The maximum Gasteiger partial charge on any atom is 0.226 e. The predicted octanol–water partition coefficient (Wildman–Crippen LogP) is 3.48. The van der Waals surface area contributed by atoms with Crippen molar-refractivity contribution in [2.75, 3.05) is 33.2 Å². The number of piperazine rings is 1. The molecule has 5 nitrogen and oxygen atoms in total. The Balaban J connectivity index is 1.27. The lowest BCUT2D eigenvalue weighted by atomic mass is 10.1. The third-order valence-electron chi connectivity index (χ3n) is 5.14. The van der Waals surface area contributed by atoms with Gasteiger partial charge in [-0.2, -0.15) is 11.3 Å². The summed E-state index contributed by atoms with van der Waals surface area (Å²) in [4.78, 5) is 21.8. The van der Waals surface area contributed by atoms with Crippen molar-refractivity contribution >= 4 is 28.6 Å². The lowest BCUT2D eigenvalue weighted by Crippen LogP contribution is -2.43. The lowest BCUT2D eigenvalue weighted by Gasteiger charge is -2.32. The Bertz CT molecular complexity index is 930. The van der Waals surface area contributed by atoms with Crippen molar-refractivity contribution in [1.82, 2.24) is 20.1 Å². The van der Waals surface area contributed by atoms with Crippen LogP contribution in [-0.4, -0.2) is 53.9 Å². The molecule has 0 atom stereocenters. The first-order valence-corrected chi connectivity index (χ1v) is 11.7. The molecule has 4 rings (SSSR count). The molecular formula is C22H26N4OS2. The van der Waals surface area contributed by atoms with Crippen LogP contribution < -0.4 is 5.32 Å². The molecule has 1 N–H and O–H groups in total. The van der Waals surface area contributed by atoms with Gasteiger partial charge in [0.1, 0.15) is 5.01 Å². The molecule has 1 amide bonds.